The van der Waals surface area contributed by atoms with Gasteiger partial charge >= 0.3 is 45.2 Å². The van der Waals surface area contributed by atoms with Gasteiger partial charge < -0.3 is 0 Å². The number of allylic oxidation sites excluding steroid dienone is 2. The zero-order valence-electron chi connectivity index (χ0n) is 7.48. The molecule has 0 aliphatic heterocycles. The molecule has 0 heterocycles. The molecule has 0 atom stereocenters. The summed E-state index contributed by atoms with van der Waals surface area (Å²) in [6.07, 6.45) is 1.72. The van der Waals surface area contributed by atoms with Gasteiger partial charge in [0.2, 0.25) is 0 Å². The molecule has 0 aromatic carbocycles. The van der Waals surface area contributed by atoms with Crippen molar-refractivity contribution in [2.45, 2.75) is 6.92 Å². The molecule has 0 N–H and O–H groups in total. The van der Waals surface area contributed by atoms with Crippen molar-refractivity contribution in [3.8, 4) is 0 Å². The molecule has 0 aromatic rings. The largest absolute Gasteiger partial charge is 0 e. The van der Waals surface area contributed by atoms with Gasteiger partial charge in [-0.15, -0.1) is 0 Å². The maximum absolute atomic E-state index is 7.50. The van der Waals surface area contributed by atoms with E-state index in [1.807, 2.05) is 6.92 Å². The zero-order valence-corrected chi connectivity index (χ0v) is 8.58. The molecule has 4 nitrogen and oxygen atoms in total. The molecule has 0 aliphatic carbocycles. The Kier molecular flexibility index (Phi) is 448. The van der Waals surface area contributed by atoms with Gasteiger partial charge in [-0.05, 0) is 6.92 Å². The van der Waals surface area contributed by atoms with Crippen LogP contribution in [0.2, 0.25) is 0 Å². The summed E-state index contributed by atoms with van der Waals surface area (Å²) in [5.74, 6) is 0. The van der Waals surface area contributed by atoms with Crippen molar-refractivity contribution in [2.75, 3.05) is 0 Å². The zero-order chi connectivity index (χ0) is 12.3. The Morgan fingerprint density at radius 1 is 0.929 bits per heavy atom. The molecular weight excluding hydrogens is 228 g/mol. The molecular formula is C9H8FeO4. The first-order valence-corrected chi connectivity index (χ1v) is 2.37. The van der Waals surface area contributed by atoms with E-state index in [-0.39, 0.29) is 17.1 Å². The summed E-state index contributed by atoms with van der Waals surface area (Å²) in [6, 6.07) is 0. The Morgan fingerprint density at radius 3 is 1.00 bits per heavy atom. The quantitative estimate of drug-likeness (QED) is 0.287. The molecule has 0 unspecified atom stereocenters. The van der Waals surface area contributed by atoms with Crippen molar-refractivity contribution in [1.82, 2.24) is 0 Å². The second kappa shape index (κ2) is 164. The van der Waals surface area contributed by atoms with Crippen LogP contribution in [0, 0.1) is 26.6 Å². The first-order valence-electron chi connectivity index (χ1n) is 2.37. The van der Waals surface area contributed by atoms with Crippen molar-refractivity contribution < 1.29 is 35.7 Å². The maximum Gasteiger partial charge on any atom is 0 e. The van der Waals surface area contributed by atoms with Gasteiger partial charge in [0.1, 0.15) is 0 Å². The minimum atomic E-state index is 0. The van der Waals surface area contributed by atoms with Crippen LogP contribution < -0.4 is 0 Å². The Bertz CT molecular complexity index is 152. The monoisotopic (exact) mass is 236 g/mol. The van der Waals surface area contributed by atoms with E-state index in [0.29, 0.717) is 0 Å². The van der Waals surface area contributed by atoms with E-state index < -0.39 is 0 Å². The van der Waals surface area contributed by atoms with Crippen molar-refractivity contribution in [1.29, 1.82) is 0 Å². The molecule has 0 bridgehead atoms. The summed E-state index contributed by atoms with van der Waals surface area (Å²) in [7, 11) is 0. The van der Waals surface area contributed by atoms with Crippen molar-refractivity contribution in [3.05, 3.63) is 51.4 Å². The molecule has 0 amide bonds. The van der Waals surface area contributed by atoms with Gasteiger partial charge in [0, 0.05) is 17.1 Å². The summed E-state index contributed by atoms with van der Waals surface area (Å²) in [4.78, 5) is 0. The van der Waals surface area contributed by atoms with Crippen molar-refractivity contribution in [3.63, 3.8) is 0 Å². The number of rotatable bonds is 1. The van der Waals surface area contributed by atoms with Gasteiger partial charge in [0.25, 0.3) is 0 Å². The Morgan fingerprint density at radius 2 is 1.00 bits per heavy atom. The summed E-state index contributed by atoms with van der Waals surface area (Å²) < 4.78 is 30.0. The summed E-state index contributed by atoms with van der Waals surface area (Å²) in [5.41, 5.74) is 1.02. The average Bonchev–Trinajstić information content (AvgIpc) is 2.29. The normalized spacial score (nSPS) is 2.93. The Labute approximate surface area is 94.4 Å². The third-order valence-electron chi connectivity index (χ3n) is 0.348. The Balaban J connectivity index is -0.0000000156. The van der Waals surface area contributed by atoms with Gasteiger partial charge in [0.15, 0.2) is 0 Å². The third kappa shape index (κ3) is 1180. The molecule has 14 heavy (non-hydrogen) atoms. The van der Waals surface area contributed by atoms with E-state index in [1.165, 1.54) is 0 Å². The Hall–Kier alpha value is -1.04. The number of hydrogen-bond donors (Lipinski definition) is 0. The van der Waals surface area contributed by atoms with Gasteiger partial charge in [-0.3, -0.25) is 0 Å². The molecule has 0 rings (SSSR count). The van der Waals surface area contributed by atoms with E-state index in [2.05, 4.69) is 39.8 Å². The van der Waals surface area contributed by atoms with Crippen LogP contribution in [0.5, 0.6) is 0 Å². The van der Waals surface area contributed by atoms with E-state index in [4.69, 9.17) is 18.6 Å². The maximum atomic E-state index is 7.50. The number of hydrogen-bond acceptors (Lipinski definition) is 0. The van der Waals surface area contributed by atoms with Gasteiger partial charge in [-0.25, -0.2) is 0 Å². The van der Waals surface area contributed by atoms with Crippen LogP contribution in [0.25, 0.3) is 0 Å². The second-order valence-corrected chi connectivity index (χ2v) is 1.05. The summed E-state index contributed by atoms with van der Waals surface area (Å²) in [6.45, 7) is 26.9. The van der Waals surface area contributed by atoms with Crippen LogP contribution in [0.3, 0.4) is 0 Å². The van der Waals surface area contributed by atoms with Crippen LogP contribution in [0.15, 0.2) is 24.8 Å². The van der Waals surface area contributed by atoms with Crippen LogP contribution in [-0.4, -0.2) is 0 Å². The minimum Gasteiger partial charge on any atom is 0 e. The van der Waals surface area contributed by atoms with Crippen LogP contribution in [-0.2, 0) is 35.7 Å². The SMILES string of the molecule is C=CC(=C)C.[C-]#[O+].[C-]#[O+].[C-]#[O+].[C-]#[O+].[Fe]. The van der Waals surface area contributed by atoms with Gasteiger partial charge in [-0.2, -0.15) is 0 Å². The predicted octanol–water partition coefficient (Wildman–Crippen LogP) is 1.60. The molecule has 0 radical (unpaired) electrons. The summed E-state index contributed by atoms with van der Waals surface area (Å²) in [5, 5.41) is 0. The molecule has 76 valence electrons. The fourth-order valence-electron chi connectivity index (χ4n) is 0. The first-order chi connectivity index (χ1) is 6.27. The minimum absolute atomic E-state index is 0. The molecule has 0 saturated carbocycles. The van der Waals surface area contributed by atoms with Crippen molar-refractivity contribution >= 4 is 0 Å². The van der Waals surface area contributed by atoms with Crippen LogP contribution in [0.4, 0.5) is 0 Å². The average molecular weight is 236 g/mol. The van der Waals surface area contributed by atoms with E-state index >= 15 is 0 Å². The molecule has 0 fully saturated rings. The van der Waals surface area contributed by atoms with Gasteiger partial charge in [0.05, 0.1) is 0 Å². The fourth-order valence-corrected chi connectivity index (χ4v) is 0. The molecule has 0 aromatic heterocycles. The molecule has 5 heteroatoms. The smallest absolute Gasteiger partial charge is 0 e. The predicted molar refractivity (Wildman–Crippen MR) is 40.7 cm³/mol. The van der Waals surface area contributed by atoms with E-state index in [0.717, 1.165) is 5.57 Å². The molecule has 0 saturated heterocycles. The van der Waals surface area contributed by atoms with E-state index in [1.54, 1.807) is 6.08 Å². The fraction of sp³-hybridized carbons (Fsp3) is 0.111. The topological polar surface area (TPSA) is 79.6 Å². The van der Waals surface area contributed by atoms with Crippen LogP contribution >= 0.6 is 0 Å². The second-order valence-electron chi connectivity index (χ2n) is 1.05. The van der Waals surface area contributed by atoms with Gasteiger partial charge in [-0.1, -0.05) is 24.8 Å². The molecule has 0 spiro atoms. The summed E-state index contributed by atoms with van der Waals surface area (Å²) >= 11 is 0. The first kappa shape index (κ1) is 38.3. The van der Waals surface area contributed by atoms with Crippen LogP contribution in [0.1, 0.15) is 6.92 Å². The van der Waals surface area contributed by atoms with Crippen molar-refractivity contribution in [2.24, 2.45) is 0 Å². The van der Waals surface area contributed by atoms with E-state index in [9.17, 15) is 0 Å². The standard InChI is InChI=1S/C5H8.4CO.Fe/c1-4-5(2)3;4*1-2;/h4H,1-2H2,3H3;;;;;. The molecule has 0 aliphatic rings. The third-order valence-corrected chi connectivity index (χ3v) is 0.348.